The van der Waals surface area contributed by atoms with E-state index in [-0.39, 0.29) is 5.91 Å². The first-order valence-corrected chi connectivity index (χ1v) is 5.32. The fourth-order valence-electron chi connectivity index (χ4n) is 1.07. The summed E-state index contributed by atoms with van der Waals surface area (Å²) in [7, 11) is 3.16. The summed E-state index contributed by atoms with van der Waals surface area (Å²) in [5.74, 6) is 0.420. The van der Waals surface area contributed by atoms with Crippen molar-refractivity contribution in [2.45, 2.75) is 13.8 Å². The molecule has 1 heterocycles. The van der Waals surface area contributed by atoms with Gasteiger partial charge >= 0.3 is 0 Å². The van der Waals surface area contributed by atoms with Crippen LogP contribution in [0.2, 0.25) is 0 Å². The Morgan fingerprint density at radius 2 is 2.27 bits per heavy atom. The Morgan fingerprint density at radius 1 is 1.60 bits per heavy atom. The van der Waals surface area contributed by atoms with Crippen molar-refractivity contribution in [1.82, 2.24) is 5.32 Å². The van der Waals surface area contributed by atoms with Crippen molar-refractivity contribution in [3.63, 3.8) is 0 Å². The zero-order chi connectivity index (χ0) is 11.4. The van der Waals surface area contributed by atoms with Crippen LogP contribution in [-0.2, 0) is 4.74 Å². The number of amides is 1. The molecular weight excluding hydrogens is 212 g/mol. The Kier molecular flexibility index (Phi) is 3.85. The van der Waals surface area contributed by atoms with Gasteiger partial charge in [-0.3, -0.25) is 4.79 Å². The highest BCUT2D eigenvalue weighted by atomic mass is 32.1. The molecule has 15 heavy (non-hydrogen) atoms. The quantitative estimate of drug-likeness (QED) is 0.620. The van der Waals surface area contributed by atoms with Crippen LogP contribution in [0.25, 0.3) is 0 Å². The van der Waals surface area contributed by atoms with Gasteiger partial charge in [-0.15, -0.1) is 11.3 Å². The molecule has 0 fully saturated rings. The molecule has 0 bridgehead atoms. The lowest BCUT2D eigenvalue weighted by Crippen LogP contribution is -2.17. The smallest absolute Gasteiger partial charge is 0.254 e. The van der Waals surface area contributed by atoms with Crippen molar-refractivity contribution in [2.75, 3.05) is 14.2 Å². The molecule has 4 nitrogen and oxygen atoms in total. The molecule has 1 aromatic heterocycles. The summed E-state index contributed by atoms with van der Waals surface area (Å²) >= 11 is 1.47. The summed E-state index contributed by atoms with van der Waals surface area (Å²) in [6.07, 6.45) is 0. The minimum atomic E-state index is -0.123. The standard InChI is InChI=1S/C10H14N2O2S/c1-6-5-8(9(13)11-3)10(15-6)12-7(2)14-4/h5H,1-4H3,(H,11,13)/b12-7+. The van der Waals surface area contributed by atoms with Crippen molar-refractivity contribution in [1.29, 1.82) is 0 Å². The minimum absolute atomic E-state index is 0.123. The van der Waals surface area contributed by atoms with Gasteiger partial charge in [0.1, 0.15) is 5.00 Å². The first-order chi connectivity index (χ1) is 7.08. The highest BCUT2D eigenvalue weighted by Gasteiger charge is 2.13. The number of hydrogen-bond acceptors (Lipinski definition) is 4. The minimum Gasteiger partial charge on any atom is -0.484 e. The Hall–Kier alpha value is -1.36. The van der Waals surface area contributed by atoms with E-state index in [1.54, 1.807) is 21.1 Å². The van der Waals surface area contributed by atoms with Crippen molar-refractivity contribution in [3.05, 3.63) is 16.5 Å². The maximum atomic E-state index is 11.5. The summed E-state index contributed by atoms with van der Waals surface area (Å²) < 4.78 is 4.96. The van der Waals surface area contributed by atoms with Crippen LogP contribution in [0.15, 0.2) is 11.1 Å². The van der Waals surface area contributed by atoms with Crippen molar-refractivity contribution < 1.29 is 9.53 Å². The van der Waals surface area contributed by atoms with E-state index in [0.29, 0.717) is 16.5 Å². The number of rotatable bonds is 2. The second-order valence-corrected chi connectivity index (χ2v) is 4.22. The molecule has 1 amide bonds. The highest BCUT2D eigenvalue weighted by Crippen LogP contribution is 2.30. The van der Waals surface area contributed by atoms with Gasteiger partial charge in [0, 0.05) is 18.8 Å². The number of nitrogens with one attached hydrogen (secondary N) is 1. The summed E-state index contributed by atoms with van der Waals surface area (Å²) in [4.78, 5) is 16.8. The van der Waals surface area contributed by atoms with Crippen LogP contribution in [0, 0.1) is 6.92 Å². The normalized spacial score (nSPS) is 11.3. The van der Waals surface area contributed by atoms with Crippen LogP contribution in [0.1, 0.15) is 22.2 Å². The predicted molar refractivity (Wildman–Crippen MR) is 62.2 cm³/mol. The number of aryl methyl sites for hydroxylation is 1. The third-order valence-corrected chi connectivity index (χ3v) is 2.81. The van der Waals surface area contributed by atoms with Crippen molar-refractivity contribution in [3.8, 4) is 0 Å². The zero-order valence-electron chi connectivity index (χ0n) is 9.25. The molecule has 0 unspecified atom stereocenters. The third kappa shape index (κ3) is 2.79. The molecule has 1 aromatic rings. The molecule has 82 valence electrons. The lowest BCUT2D eigenvalue weighted by atomic mass is 10.3. The lowest BCUT2D eigenvalue weighted by Gasteiger charge is -1.99. The SMILES string of the molecule is CNC(=O)c1cc(C)sc1/N=C(\C)OC. The van der Waals surface area contributed by atoms with E-state index in [9.17, 15) is 4.79 Å². The van der Waals surface area contributed by atoms with Crippen LogP contribution < -0.4 is 5.32 Å². The third-order valence-electron chi connectivity index (χ3n) is 1.86. The molecule has 0 saturated heterocycles. The van der Waals surface area contributed by atoms with Crippen LogP contribution in [-0.4, -0.2) is 26.0 Å². The number of ether oxygens (including phenoxy) is 1. The van der Waals surface area contributed by atoms with Gasteiger partial charge in [-0.25, -0.2) is 4.99 Å². The van der Waals surface area contributed by atoms with E-state index in [1.807, 2.05) is 13.0 Å². The molecule has 0 radical (unpaired) electrons. The molecule has 0 aliphatic carbocycles. The Bertz CT molecular complexity index is 396. The van der Waals surface area contributed by atoms with E-state index < -0.39 is 0 Å². The zero-order valence-corrected chi connectivity index (χ0v) is 10.1. The van der Waals surface area contributed by atoms with Crippen molar-refractivity contribution >= 4 is 28.1 Å². The van der Waals surface area contributed by atoms with Gasteiger partial charge in [0.2, 0.25) is 0 Å². The molecule has 1 rings (SSSR count). The van der Waals surface area contributed by atoms with Gasteiger partial charge < -0.3 is 10.1 Å². The van der Waals surface area contributed by atoms with Gasteiger partial charge in [-0.2, -0.15) is 0 Å². The Balaban J connectivity index is 3.12. The molecule has 1 N–H and O–H groups in total. The number of nitrogens with zero attached hydrogens (tertiary/aromatic N) is 1. The van der Waals surface area contributed by atoms with E-state index >= 15 is 0 Å². The van der Waals surface area contributed by atoms with E-state index in [0.717, 1.165) is 4.88 Å². The highest BCUT2D eigenvalue weighted by molar-refractivity contribution is 7.16. The molecule has 0 saturated carbocycles. The molecular formula is C10H14N2O2S. The second-order valence-electron chi connectivity index (χ2n) is 2.99. The molecule has 0 atom stereocenters. The Labute approximate surface area is 93.0 Å². The number of carbonyl (C=O) groups excluding carboxylic acids is 1. The fourth-order valence-corrected chi connectivity index (χ4v) is 1.99. The van der Waals surface area contributed by atoms with Gasteiger partial charge in [-0.1, -0.05) is 0 Å². The fraction of sp³-hybridized carbons (Fsp3) is 0.400. The predicted octanol–water partition coefficient (Wildman–Crippen LogP) is 2.11. The first-order valence-electron chi connectivity index (χ1n) is 4.50. The molecule has 0 aliphatic rings. The molecule has 0 spiro atoms. The van der Waals surface area contributed by atoms with Crippen LogP contribution in [0.5, 0.6) is 0 Å². The second kappa shape index (κ2) is 4.93. The van der Waals surface area contributed by atoms with Crippen molar-refractivity contribution in [2.24, 2.45) is 4.99 Å². The number of aliphatic imine (C=N–C) groups is 1. The van der Waals surface area contributed by atoms with E-state index in [1.165, 1.54) is 11.3 Å². The summed E-state index contributed by atoms with van der Waals surface area (Å²) in [6, 6.07) is 1.82. The summed E-state index contributed by atoms with van der Waals surface area (Å²) in [5, 5.41) is 3.27. The first kappa shape index (κ1) is 11.7. The van der Waals surface area contributed by atoms with E-state index in [4.69, 9.17) is 4.74 Å². The number of thiophene rings is 1. The Morgan fingerprint density at radius 3 is 2.80 bits per heavy atom. The summed E-state index contributed by atoms with van der Waals surface area (Å²) in [6.45, 7) is 3.70. The van der Waals surface area contributed by atoms with Gasteiger partial charge in [0.25, 0.3) is 5.91 Å². The molecule has 0 aliphatic heterocycles. The van der Waals surface area contributed by atoms with Crippen LogP contribution in [0.4, 0.5) is 5.00 Å². The van der Waals surface area contributed by atoms with Gasteiger partial charge in [0.15, 0.2) is 5.90 Å². The van der Waals surface area contributed by atoms with Gasteiger partial charge in [-0.05, 0) is 13.0 Å². The molecule has 5 heteroatoms. The van der Waals surface area contributed by atoms with Crippen LogP contribution >= 0.6 is 11.3 Å². The lowest BCUT2D eigenvalue weighted by molar-refractivity contribution is 0.0964. The monoisotopic (exact) mass is 226 g/mol. The topological polar surface area (TPSA) is 50.7 Å². The maximum absolute atomic E-state index is 11.5. The van der Waals surface area contributed by atoms with Crippen LogP contribution in [0.3, 0.4) is 0 Å². The number of methoxy groups -OCH3 is 1. The maximum Gasteiger partial charge on any atom is 0.254 e. The average Bonchev–Trinajstić information content (AvgIpc) is 2.58. The van der Waals surface area contributed by atoms with Gasteiger partial charge in [0.05, 0.1) is 12.7 Å². The number of hydrogen-bond donors (Lipinski definition) is 1. The molecule has 0 aromatic carbocycles. The van der Waals surface area contributed by atoms with E-state index in [2.05, 4.69) is 10.3 Å². The average molecular weight is 226 g/mol. The number of carbonyl (C=O) groups is 1. The largest absolute Gasteiger partial charge is 0.484 e. The summed E-state index contributed by atoms with van der Waals surface area (Å²) in [5.41, 5.74) is 0.594.